The van der Waals surface area contributed by atoms with Crippen molar-refractivity contribution >= 4 is 31.5 Å². The number of nitrogens with zero attached hydrogens (tertiary/aromatic N) is 3. The average Bonchev–Trinajstić information content (AvgIpc) is 3.89. The number of fused-ring (bicyclic) bond motifs is 12. The number of hydrogen-bond donors (Lipinski definition) is 0. The number of rotatable bonds is 5. The number of aromatic nitrogens is 3. The summed E-state index contributed by atoms with van der Waals surface area (Å²) in [6, 6.07) is 75.3. The summed E-state index contributed by atoms with van der Waals surface area (Å²) in [5, 5.41) is 2.56. The molecular weight excluding hydrogens is 787 g/mol. The van der Waals surface area contributed by atoms with E-state index in [-0.39, 0.29) is 0 Å². The van der Waals surface area contributed by atoms with Gasteiger partial charge in [0.05, 0.1) is 5.41 Å². The third kappa shape index (κ3) is 5.43. The minimum Gasteiger partial charge on any atom is -0.457 e. The molecule has 63 heavy (non-hydrogen) atoms. The molecule has 4 nitrogen and oxygen atoms in total. The van der Waals surface area contributed by atoms with E-state index in [1.165, 1.54) is 36.9 Å². The van der Waals surface area contributed by atoms with Crippen LogP contribution in [0.5, 0.6) is 11.5 Å². The quantitative estimate of drug-likeness (QED) is 0.173. The van der Waals surface area contributed by atoms with E-state index in [1.807, 2.05) is 17.4 Å². The van der Waals surface area contributed by atoms with Crippen molar-refractivity contribution in [3.05, 3.63) is 235 Å². The van der Waals surface area contributed by atoms with Gasteiger partial charge in [-0.05, 0) is 68.8 Å². The van der Waals surface area contributed by atoms with Gasteiger partial charge in [0, 0.05) is 48.0 Å². The maximum Gasteiger partial charge on any atom is 0.164 e. The molecule has 0 saturated heterocycles. The minimum atomic E-state index is -0.610. The van der Waals surface area contributed by atoms with Crippen LogP contribution in [0.4, 0.5) is 0 Å². The first kappa shape index (κ1) is 35.7. The van der Waals surface area contributed by atoms with E-state index in [0.29, 0.717) is 17.5 Å². The van der Waals surface area contributed by atoms with Gasteiger partial charge in [-0.3, -0.25) is 0 Å². The van der Waals surface area contributed by atoms with E-state index in [9.17, 15) is 0 Å². The van der Waals surface area contributed by atoms with Gasteiger partial charge in [-0.2, -0.15) is 0 Å². The highest BCUT2D eigenvalue weighted by Crippen LogP contribution is 2.63. The Kier molecular flexibility index (Phi) is 7.96. The lowest BCUT2D eigenvalue weighted by molar-refractivity contribution is 0.436. The molecule has 2 aliphatic rings. The fourth-order valence-electron chi connectivity index (χ4n) is 10.1. The van der Waals surface area contributed by atoms with Crippen LogP contribution in [0.3, 0.4) is 0 Å². The largest absolute Gasteiger partial charge is 0.457 e. The fraction of sp³-hybridized carbons (Fsp3) is 0.0172. The van der Waals surface area contributed by atoms with Gasteiger partial charge in [-0.15, -0.1) is 11.3 Å². The Morgan fingerprint density at radius 1 is 0.349 bits per heavy atom. The Morgan fingerprint density at radius 3 is 1.68 bits per heavy atom. The van der Waals surface area contributed by atoms with E-state index >= 15 is 0 Å². The Morgan fingerprint density at radius 2 is 0.873 bits per heavy atom. The van der Waals surface area contributed by atoms with Crippen molar-refractivity contribution in [3.8, 4) is 79.0 Å². The van der Waals surface area contributed by atoms with Crippen molar-refractivity contribution in [2.75, 3.05) is 0 Å². The average molecular weight is 822 g/mol. The first-order chi connectivity index (χ1) is 31.2. The molecule has 1 spiro atoms. The molecule has 294 valence electrons. The molecular formula is C58H35N3OS. The third-order valence-corrected chi connectivity index (χ3v) is 14.1. The summed E-state index contributed by atoms with van der Waals surface area (Å²) >= 11 is 1.84. The number of ether oxygens (including phenoxy) is 1. The lowest BCUT2D eigenvalue weighted by atomic mass is 9.66. The molecule has 0 saturated carbocycles. The maximum atomic E-state index is 6.62. The van der Waals surface area contributed by atoms with Crippen LogP contribution in [0, 0.1) is 0 Å². The monoisotopic (exact) mass is 821 g/mol. The van der Waals surface area contributed by atoms with Gasteiger partial charge >= 0.3 is 0 Å². The van der Waals surface area contributed by atoms with Crippen LogP contribution in [0.1, 0.15) is 22.3 Å². The summed E-state index contributed by atoms with van der Waals surface area (Å²) in [6.07, 6.45) is 0. The van der Waals surface area contributed by atoms with Gasteiger partial charge in [0.25, 0.3) is 0 Å². The van der Waals surface area contributed by atoms with E-state index in [1.54, 1.807) is 0 Å². The zero-order valence-electron chi connectivity index (χ0n) is 33.9. The molecule has 0 radical (unpaired) electrons. The first-order valence-corrected chi connectivity index (χ1v) is 22.1. The predicted molar refractivity (Wildman–Crippen MR) is 257 cm³/mol. The second-order valence-electron chi connectivity index (χ2n) is 16.2. The highest BCUT2D eigenvalue weighted by Gasteiger charge is 2.51. The van der Waals surface area contributed by atoms with Crippen molar-refractivity contribution in [1.29, 1.82) is 0 Å². The Hall–Kier alpha value is -7.99. The van der Waals surface area contributed by atoms with Crippen LogP contribution < -0.4 is 4.74 Å². The number of para-hydroxylation sites is 2. The second-order valence-corrected chi connectivity index (χ2v) is 17.3. The summed E-state index contributed by atoms with van der Waals surface area (Å²) in [5.74, 6) is 3.58. The zero-order chi connectivity index (χ0) is 41.5. The molecule has 0 bridgehead atoms. The molecule has 0 unspecified atom stereocenters. The summed E-state index contributed by atoms with van der Waals surface area (Å²) in [5.41, 5.74) is 13.7. The highest BCUT2D eigenvalue weighted by atomic mass is 32.1. The number of thiophene rings is 1. The molecule has 0 atom stereocenters. The standard InChI is InChI=1S/C58H35N3OS/c1-2-15-36(16-3-1)37-31-33-38(34-32-37)55-59-56(40-18-12-17-39(35-40)41-21-13-22-43-42-19-5-11-30-52(42)63-54(41)43)61-57(60-55)45-23-14-27-49-53(45)44-20-4-6-24-46(44)58(49)47-25-7-9-28-50(47)62-51-29-10-8-26-48(51)58/h1-35H. The van der Waals surface area contributed by atoms with Crippen LogP contribution in [0.25, 0.3) is 87.7 Å². The summed E-state index contributed by atoms with van der Waals surface area (Å²) in [7, 11) is 0. The normalized spacial score (nSPS) is 13.0. The van der Waals surface area contributed by atoms with Crippen molar-refractivity contribution in [3.63, 3.8) is 0 Å². The van der Waals surface area contributed by atoms with E-state index in [0.717, 1.165) is 67.1 Å². The lowest BCUT2D eigenvalue weighted by Gasteiger charge is -2.39. The van der Waals surface area contributed by atoms with Crippen molar-refractivity contribution in [1.82, 2.24) is 15.0 Å². The Bertz CT molecular complexity index is 3570. The SMILES string of the molecule is c1ccc(-c2ccc(-c3nc(-c4cccc(-c5cccc6c5sc5ccccc56)c4)nc(-c4cccc5c4-c4ccccc4C54c5ccccc5Oc5ccccc54)n3)cc2)cc1. The lowest BCUT2D eigenvalue weighted by Crippen LogP contribution is -2.32. The van der Waals surface area contributed by atoms with Crippen LogP contribution in [-0.2, 0) is 5.41 Å². The smallest absolute Gasteiger partial charge is 0.164 e. The fourth-order valence-corrected chi connectivity index (χ4v) is 11.3. The van der Waals surface area contributed by atoms with Crippen LogP contribution in [0.15, 0.2) is 212 Å². The molecule has 5 heteroatoms. The molecule has 0 amide bonds. The molecule has 0 N–H and O–H groups in total. The van der Waals surface area contributed by atoms with E-state index < -0.39 is 5.41 Å². The van der Waals surface area contributed by atoms with Gasteiger partial charge in [0.2, 0.25) is 0 Å². The molecule has 13 rings (SSSR count). The molecule has 1 aliphatic heterocycles. The van der Waals surface area contributed by atoms with E-state index in [4.69, 9.17) is 19.7 Å². The number of hydrogen-bond acceptors (Lipinski definition) is 5. The van der Waals surface area contributed by atoms with Crippen molar-refractivity contribution in [2.24, 2.45) is 0 Å². The zero-order valence-corrected chi connectivity index (χ0v) is 34.7. The summed E-state index contributed by atoms with van der Waals surface area (Å²) in [4.78, 5) is 16.1. The molecule has 3 heterocycles. The third-order valence-electron chi connectivity index (χ3n) is 12.8. The molecule has 2 aromatic heterocycles. The van der Waals surface area contributed by atoms with Crippen molar-refractivity contribution < 1.29 is 4.74 Å². The summed E-state index contributed by atoms with van der Waals surface area (Å²) in [6.45, 7) is 0. The second kappa shape index (κ2) is 14.0. The van der Waals surface area contributed by atoms with Crippen LogP contribution >= 0.6 is 11.3 Å². The first-order valence-electron chi connectivity index (χ1n) is 21.3. The van der Waals surface area contributed by atoms with Gasteiger partial charge < -0.3 is 4.74 Å². The maximum absolute atomic E-state index is 6.62. The summed E-state index contributed by atoms with van der Waals surface area (Å²) < 4.78 is 9.18. The van der Waals surface area contributed by atoms with Gasteiger partial charge in [0.1, 0.15) is 11.5 Å². The topological polar surface area (TPSA) is 47.9 Å². The van der Waals surface area contributed by atoms with Crippen LogP contribution in [0.2, 0.25) is 0 Å². The van der Waals surface area contributed by atoms with Gasteiger partial charge in [-0.25, -0.2) is 15.0 Å². The highest BCUT2D eigenvalue weighted by molar-refractivity contribution is 7.26. The predicted octanol–water partition coefficient (Wildman–Crippen LogP) is 15.0. The minimum absolute atomic E-state index is 0.610. The number of benzene rings is 9. The Balaban J connectivity index is 1.03. The molecule has 0 fully saturated rings. The molecule has 11 aromatic rings. The van der Waals surface area contributed by atoms with Gasteiger partial charge in [0.15, 0.2) is 17.5 Å². The van der Waals surface area contributed by atoms with E-state index in [2.05, 4.69) is 206 Å². The van der Waals surface area contributed by atoms with Gasteiger partial charge in [-0.1, -0.05) is 188 Å². The van der Waals surface area contributed by atoms with Crippen molar-refractivity contribution in [2.45, 2.75) is 5.41 Å². The van der Waals surface area contributed by atoms with Crippen LogP contribution in [-0.4, -0.2) is 15.0 Å². The molecule has 1 aliphatic carbocycles. The Labute approximate surface area is 368 Å². The molecule has 9 aromatic carbocycles.